The third-order valence-corrected chi connectivity index (χ3v) is 2.98. The highest BCUT2D eigenvalue weighted by molar-refractivity contribution is 5.22. The van der Waals surface area contributed by atoms with Gasteiger partial charge in [0.25, 0.3) is 0 Å². The van der Waals surface area contributed by atoms with E-state index in [0.717, 1.165) is 6.42 Å². The number of rotatable bonds is 0. The van der Waals surface area contributed by atoms with Gasteiger partial charge in [-0.1, -0.05) is 6.92 Å². The lowest BCUT2D eigenvalue weighted by Crippen LogP contribution is -2.33. The Labute approximate surface area is 59.3 Å². The predicted octanol–water partition coefficient (Wildman–Crippen LogP) is -0.891. The first-order chi connectivity index (χ1) is 4.58. The van der Waals surface area contributed by atoms with Gasteiger partial charge in [0.05, 0.1) is 12.2 Å². The fourth-order valence-corrected chi connectivity index (χ4v) is 2.14. The molecule has 2 fully saturated rings. The molecular formula is C7H12O3. The average molecular weight is 144 g/mol. The van der Waals surface area contributed by atoms with E-state index in [4.69, 9.17) is 5.11 Å². The minimum absolute atomic E-state index is 0.0579. The lowest BCUT2D eigenvalue weighted by Gasteiger charge is -2.17. The second-order valence-electron chi connectivity index (χ2n) is 3.60. The third-order valence-electron chi connectivity index (χ3n) is 2.98. The predicted molar refractivity (Wildman–Crippen MR) is 34.2 cm³/mol. The quantitative estimate of drug-likeness (QED) is 0.413. The van der Waals surface area contributed by atoms with Crippen LogP contribution >= 0.6 is 0 Å². The highest BCUT2D eigenvalue weighted by Crippen LogP contribution is 2.57. The normalized spacial score (nSPS) is 66.0. The van der Waals surface area contributed by atoms with Crippen LogP contribution in [0.15, 0.2) is 0 Å². The van der Waals surface area contributed by atoms with Crippen molar-refractivity contribution in [3.05, 3.63) is 0 Å². The first-order valence-corrected chi connectivity index (χ1v) is 3.67. The molecule has 58 valence electrons. The van der Waals surface area contributed by atoms with Crippen molar-refractivity contribution in [1.82, 2.24) is 0 Å². The molecule has 3 nitrogen and oxygen atoms in total. The zero-order chi connectivity index (χ0) is 7.52. The number of hydrogen-bond donors (Lipinski definition) is 3. The van der Waals surface area contributed by atoms with Crippen LogP contribution in [-0.4, -0.2) is 33.1 Å². The van der Waals surface area contributed by atoms with Gasteiger partial charge >= 0.3 is 0 Å². The van der Waals surface area contributed by atoms with Gasteiger partial charge in [-0.3, -0.25) is 0 Å². The zero-order valence-corrected chi connectivity index (χ0v) is 5.86. The van der Waals surface area contributed by atoms with Gasteiger partial charge in [-0.15, -0.1) is 0 Å². The number of fused-ring (bicyclic) bond motifs is 1. The monoisotopic (exact) mass is 144 g/mol. The van der Waals surface area contributed by atoms with Crippen molar-refractivity contribution in [2.45, 2.75) is 31.2 Å². The Bertz CT molecular complexity index is 170. The minimum atomic E-state index is -1.14. The van der Waals surface area contributed by atoms with Gasteiger partial charge in [0.15, 0.2) is 0 Å². The van der Waals surface area contributed by atoms with E-state index >= 15 is 0 Å². The summed E-state index contributed by atoms with van der Waals surface area (Å²) in [6, 6.07) is 0. The topological polar surface area (TPSA) is 60.7 Å². The summed E-state index contributed by atoms with van der Waals surface area (Å²) < 4.78 is 0. The van der Waals surface area contributed by atoms with Crippen LogP contribution in [0.1, 0.15) is 13.3 Å². The van der Waals surface area contributed by atoms with Crippen LogP contribution in [0, 0.1) is 11.8 Å². The third kappa shape index (κ3) is 0.480. The standard InChI is InChI=1S/C7H12O3/c1-3-2-4-6(9)7(4,10)5(3)8/h3-6,8-10H,2H2,1H3/t3-,4-,5+,6?,7-/m1/s1. The molecule has 0 amide bonds. The van der Waals surface area contributed by atoms with E-state index < -0.39 is 17.8 Å². The van der Waals surface area contributed by atoms with Crippen molar-refractivity contribution in [3.63, 3.8) is 0 Å². The summed E-state index contributed by atoms with van der Waals surface area (Å²) in [4.78, 5) is 0. The summed E-state index contributed by atoms with van der Waals surface area (Å²) in [5.41, 5.74) is -1.14. The molecule has 2 saturated carbocycles. The molecule has 0 saturated heterocycles. The summed E-state index contributed by atoms with van der Waals surface area (Å²) >= 11 is 0. The molecule has 2 aliphatic rings. The Balaban J connectivity index is 2.20. The van der Waals surface area contributed by atoms with E-state index in [1.807, 2.05) is 6.92 Å². The minimum Gasteiger partial charge on any atom is -0.390 e. The Morgan fingerprint density at radius 2 is 1.90 bits per heavy atom. The van der Waals surface area contributed by atoms with Crippen LogP contribution < -0.4 is 0 Å². The van der Waals surface area contributed by atoms with E-state index in [1.165, 1.54) is 0 Å². The van der Waals surface area contributed by atoms with Crippen molar-refractivity contribution in [2.24, 2.45) is 11.8 Å². The maximum absolute atomic E-state index is 9.48. The van der Waals surface area contributed by atoms with E-state index in [1.54, 1.807) is 0 Å². The van der Waals surface area contributed by atoms with Gasteiger partial charge < -0.3 is 15.3 Å². The molecule has 2 aliphatic carbocycles. The van der Waals surface area contributed by atoms with Crippen molar-refractivity contribution in [2.75, 3.05) is 0 Å². The summed E-state index contributed by atoms with van der Waals surface area (Å²) in [6.45, 7) is 1.89. The van der Waals surface area contributed by atoms with Gasteiger partial charge in [0.1, 0.15) is 5.60 Å². The van der Waals surface area contributed by atoms with Crippen LogP contribution in [0.25, 0.3) is 0 Å². The zero-order valence-electron chi connectivity index (χ0n) is 5.86. The van der Waals surface area contributed by atoms with Gasteiger partial charge in [0.2, 0.25) is 0 Å². The molecule has 0 heterocycles. The summed E-state index contributed by atoms with van der Waals surface area (Å²) in [5.74, 6) is 0.0795. The van der Waals surface area contributed by atoms with Crippen LogP contribution in [0.5, 0.6) is 0 Å². The first-order valence-electron chi connectivity index (χ1n) is 3.67. The Morgan fingerprint density at radius 3 is 2.20 bits per heavy atom. The maximum Gasteiger partial charge on any atom is 0.122 e. The molecule has 2 rings (SSSR count). The van der Waals surface area contributed by atoms with E-state index in [-0.39, 0.29) is 11.8 Å². The Hall–Kier alpha value is -0.120. The van der Waals surface area contributed by atoms with Crippen LogP contribution in [0.3, 0.4) is 0 Å². The van der Waals surface area contributed by atoms with Crippen molar-refractivity contribution in [1.29, 1.82) is 0 Å². The Morgan fingerprint density at radius 1 is 1.30 bits per heavy atom. The molecule has 0 spiro atoms. The van der Waals surface area contributed by atoms with Gasteiger partial charge in [-0.25, -0.2) is 0 Å². The van der Waals surface area contributed by atoms with E-state index in [2.05, 4.69) is 0 Å². The van der Waals surface area contributed by atoms with Gasteiger partial charge in [-0.2, -0.15) is 0 Å². The van der Waals surface area contributed by atoms with E-state index in [0.29, 0.717) is 0 Å². The lowest BCUT2D eigenvalue weighted by atomic mass is 10.0. The second kappa shape index (κ2) is 1.55. The molecule has 0 aromatic carbocycles. The molecule has 0 aliphatic heterocycles. The SMILES string of the molecule is C[C@@H]1C[C@@H]2C(O)[C@]2(O)[C@H]1O. The lowest BCUT2D eigenvalue weighted by molar-refractivity contribution is -0.0400. The summed E-state index contributed by atoms with van der Waals surface area (Å²) in [6.07, 6.45) is -0.634. The largest absolute Gasteiger partial charge is 0.390 e. The molecule has 1 unspecified atom stereocenters. The van der Waals surface area contributed by atoms with Crippen molar-refractivity contribution >= 4 is 0 Å². The molecule has 0 aromatic rings. The summed E-state index contributed by atoms with van der Waals surface area (Å²) in [5, 5.41) is 27.9. The molecule has 3 heteroatoms. The fraction of sp³-hybridized carbons (Fsp3) is 1.00. The van der Waals surface area contributed by atoms with Crippen LogP contribution in [0.4, 0.5) is 0 Å². The molecular weight excluding hydrogens is 132 g/mol. The van der Waals surface area contributed by atoms with Crippen molar-refractivity contribution < 1.29 is 15.3 Å². The molecule has 0 radical (unpaired) electrons. The highest BCUT2D eigenvalue weighted by atomic mass is 16.4. The first kappa shape index (κ1) is 6.58. The van der Waals surface area contributed by atoms with Crippen LogP contribution in [0.2, 0.25) is 0 Å². The van der Waals surface area contributed by atoms with E-state index in [9.17, 15) is 10.2 Å². The molecule has 5 atom stereocenters. The van der Waals surface area contributed by atoms with Gasteiger partial charge in [0, 0.05) is 5.92 Å². The Kier molecular flexibility index (Phi) is 1.02. The van der Waals surface area contributed by atoms with Gasteiger partial charge in [-0.05, 0) is 12.3 Å². The number of aliphatic hydroxyl groups is 3. The second-order valence-corrected chi connectivity index (χ2v) is 3.60. The van der Waals surface area contributed by atoms with Crippen LogP contribution in [-0.2, 0) is 0 Å². The fourth-order valence-electron chi connectivity index (χ4n) is 2.14. The smallest absolute Gasteiger partial charge is 0.122 e. The molecule has 3 N–H and O–H groups in total. The molecule has 10 heavy (non-hydrogen) atoms. The average Bonchev–Trinajstić information content (AvgIpc) is 2.29. The van der Waals surface area contributed by atoms with Crippen molar-refractivity contribution in [3.8, 4) is 0 Å². The molecule has 0 bridgehead atoms. The summed E-state index contributed by atoms with van der Waals surface area (Å²) in [7, 11) is 0. The number of aliphatic hydroxyl groups excluding tert-OH is 2. The maximum atomic E-state index is 9.48. The highest BCUT2D eigenvalue weighted by Gasteiger charge is 2.72. The molecule has 0 aromatic heterocycles. The number of hydrogen-bond acceptors (Lipinski definition) is 3.